The van der Waals surface area contributed by atoms with Gasteiger partial charge in [0.1, 0.15) is 5.56 Å². The maximum absolute atomic E-state index is 12.4. The summed E-state index contributed by atoms with van der Waals surface area (Å²) >= 11 is 5.23. The van der Waals surface area contributed by atoms with Crippen molar-refractivity contribution in [3.05, 3.63) is 33.2 Å². The van der Waals surface area contributed by atoms with E-state index in [4.69, 9.17) is 11.6 Å². The van der Waals surface area contributed by atoms with E-state index in [9.17, 15) is 26.7 Å². The van der Waals surface area contributed by atoms with E-state index in [0.717, 1.165) is 0 Å². The molecule has 0 radical (unpaired) electrons. The summed E-state index contributed by atoms with van der Waals surface area (Å²) in [5.74, 6) is -0.493. The minimum absolute atomic E-state index is 0.126. The molecule has 1 aromatic heterocycles. The van der Waals surface area contributed by atoms with Crippen molar-refractivity contribution in [1.82, 2.24) is 4.98 Å². The van der Waals surface area contributed by atoms with Gasteiger partial charge in [0.25, 0.3) is 12.0 Å². The van der Waals surface area contributed by atoms with E-state index in [1.807, 2.05) is 0 Å². The Bertz CT molecular complexity index is 439. The van der Waals surface area contributed by atoms with Gasteiger partial charge < -0.3 is 4.98 Å². The van der Waals surface area contributed by atoms with Crippen LogP contribution in [0.15, 0.2) is 10.9 Å². The predicted molar refractivity (Wildman–Crippen MR) is 46.6 cm³/mol. The van der Waals surface area contributed by atoms with Crippen LogP contribution in [0, 0.1) is 0 Å². The maximum atomic E-state index is 12.4. The van der Waals surface area contributed by atoms with Gasteiger partial charge in [0, 0.05) is 11.3 Å². The van der Waals surface area contributed by atoms with E-state index in [2.05, 4.69) is 0 Å². The summed E-state index contributed by atoms with van der Waals surface area (Å²) in [5, 5.41) is 0. The fourth-order valence-electron chi connectivity index (χ4n) is 1.10. The number of rotatable bonds is 2. The van der Waals surface area contributed by atoms with Crippen LogP contribution in [0.25, 0.3) is 0 Å². The van der Waals surface area contributed by atoms with E-state index in [1.54, 1.807) is 4.98 Å². The molecule has 0 unspecified atom stereocenters. The van der Waals surface area contributed by atoms with Crippen molar-refractivity contribution in [2.75, 3.05) is 0 Å². The second-order valence-electron chi connectivity index (χ2n) is 2.88. The number of aromatic nitrogens is 1. The van der Waals surface area contributed by atoms with E-state index >= 15 is 0 Å². The second kappa shape index (κ2) is 4.40. The van der Waals surface area contributed by atoms with Gasteiger partial charge >= 0.3 is 6.18 Å². The van der Waals surface area contributed by atoms with Gasteiger partial charge in [-0.25, -0.2) is 8.78 Å². The summed E-state index contributed by atoms with van der Waals surface area (Å²) in [4.78, 5) is 12.6. The second-order valence-corrected chi connectivity index (χ2v) is 3.15. The lowest BCUT2D eigenvalue weighted by molar-refractivity contribution is -0.138. The van der Waals surface area contributed by atoms with Gasteiger partial charge in [-0.05, 0) is 6.07 Å². The summed E-state index contributed by atoms with van der Waals surface area (Å²) in [6.45, 7) is 0. The summed E-state index contributed by atoms with van der Waals surface area (Å²) in [5.41, 5.74) is -4.46. The number of alkyl halides is 6. The molecule has 1 heterocycles. The smallest absolute Gasteiger partial charge is 0.324 e. The Morgan fingerprint density at radius 1 is 1.38 bits per heavy atom. The standard InChI is InChI=1S/C8H5ClF5NO/c9-2-5-3(6(10)11)1-4(7(16)15-5)8(12,13)14/h1,6H,2H2,(H,15,16). The molecule has 8 heteroatoms. The lowest BCUT2D eigenvalue weighted by Crippen LogP contribution is -2.23. The third-order valence-electron chi connectivity index (χ3n) is 1.83. The highest BCUT2D eigenvalue weighted by Crippen LogP contribution is 2.30. The van der Waals surface area contributed by atoms with Crippen molar-refractivity contribution in [2.45, 2.75) is 18.5 Å². The van der Waals surface area contributed by atoms with Gasteiger partial charge in [0.2, 0.25) is 0 Å². The van der Waals surface area contributed by atoms with Gasteiger partial charge in [-0.15, -0.1) is 11.6 Å². The zero-order valence-electron chi connectivity index (χ0n) is 7.54. The van der Waals surface area contributed by atoms with Crippen LogP contribution >= 0.6 is 11.6 Å². The van der Waals surface area contributed by atoms with Crippen molar-refractivity contribution in [1.29, 1.82) is 0 Å². The monoisotopic (exact) mass is 261 g/mol. The Balaban J connectivity index is 3.46. The largest absolute Gasteiger partial charge is 0.421 e. The molecule has 0 aromatic carbocycles. The highest BCUT2D eigenvalue weighted by atomic mass is 35.5. The van der Waals surface area contributed by atoms with E-state index < -0.39 is 40.9 Å². The number of aromatic amines is 1. The highest BCUT2D eigenvalue weighted by molar-refractivity contribution is 6.17. The van der Waals surface area contributed by atoms with Crippen molar-refractivity contribution in [3.8, 4) is 0 Å². The first kappa shape index (κ1) is 13.0. The molecule has 0 saturated carbocycles. The predicted octanol–water partition coefficient (Wildman–Crippen LogP) is 3.07. The number of nitrogens with one attached hydrogen (secondary N) is 1. The number of pyridine rings is 1. The van der Waals surface area contributed by atoms with Gasteiger partial charge in [0.05, 0.1) is 5.88 Å². The van der Waals surface area contributed by atoms with Gasteiger partial charge in [-0.1, -0.05) is 0 Å². The van der Waals surface area contributed by atoms with Crippen LogP contribution in [0.2, 0.25) is 0 Å². The minimum Gasteiger partial charge on any atom is -0.324 e. The van der Waals surface area contributed by atoms with Crippen LogP contribution in [-0.4, -0.2) is 4.98 Å². The third kappa shape index (κ3) is 2.52. The molecule has 1 aromatic rings. The summed E-state index contributed by atoms with van der Waals surface area (Å²) in [6, 6.07) is 0.126. The van der Waals surface area contributed by atoms with Gasteiger partial charge in [-0.2, -0.15) is 13.2 Å². The molecule has 1 N–H and O–H groups in total. The van der Waals surface area contributed by atoms with Gasteiger partial charge in [-0.3, -0.25) is 4.79 Å². The van der Waals surface area contributed by atoms with Crippen LogP contribution in [0.3, 0.4) is 0 Å². The Labute approximate surface area is 91.0 Å². The first-order valence-corrected chi connectivity index (χ1v) is 4.48. The van der Waals surface area contributed by atoms with Crippen molar-refractivity contribution >= 4 is 11.6 Å². The van der Waals surface area contributed by atoms with E-state index in [0.29, 0.717) is 0 Å². The van der Waals surface area contributed by atoms with Crippen molar-refractivity contribution in [3.63, 3.8) is 0 Å². The lowest BCUT2D eigenvalue weighted by Gasteiger charge is -2.10. The average Bonchev–Trinajstić information content (AvgIpc) is 2.14. The molecule has 0 amide bonds. The summed E-state index contributed by atoms with van der Waals surface area (Å²) in [6.07, 6.45) is -8.10. The first-order valence-electron chi connectivity index (χ1n) is 3.94. The summed E-state index contributed by atoms with van der Waals surface area (Å²) in [7, 11) is 0. The Morgan fingerprint density at radius 3 is 2.31 bits per heavy atom. The molecule has 16 heavy (non-hydrogen) atoms. The molecule has 0 aliphatic rings. The molecule has 0 atom stereocenters. The van der Waals surface area contributed by atoms with Crippen molar-refractivity contribution in [2.24, 2.45) is 0 Å². The lowest BCUT2D eigenvalue weighted by atomic mass is 10.1. The van der Waals surface area contributed by atoms with Crippen LogP contribution in [0.1, 0.15) is 23.2 Å². The normalized spacial score (nSPS) is 12.2. The van der Waals surface area contributed by atoms with E-state index in [1.165, 1.54) is 0 Å². The number of hydrogen-bond acceptors (Lipinski definition) is 1. The highest BCUT2D eigenvalue weighted by Gasteiger charge is 2.35. The first-order chi connectivity index (χ1) is 7.27. The molecule has 0 aliphatic carbocycles. The molecule has 0 spiro atoms. The van der Waals surface area contributed by atoms with Crippen LogP contribution in [-0.2, 0) is 12.1 Å². The van der Waals surface area contributed by atoms with Crippen molar-refractivity contribution < 1.29 is 22.0 Å². The number of hydrogen-bond donors (Lipinski definition) is 1. The Morgan fingerprint density at radius 2 is 1.94 bits per heavy atom. The third-order valence-corrected chi connectivity index (χ3v) is 2.10. The summed E-state index contributed by atoms with van der Waals surface area (Å²) < 4.78 is 61.4. The zero-order valence-corrected chi connectivity index (χ0v) is 8.29. The maximum Gasteiger partial charge on any atom is 0.421 e. The topological polar surface area (TPSA) is 32.9 Å². The fourth-order valence-corrected chi connectivity index (χ4v) is 1.32. The molecule has 0 saturated heterocycles. The molecular formula is C8H5ClF5NO. The molecule has 0 bridgehead atoms. The van der Waals surface area contributed by atoms with Gasteiger partial charge in [0.15, 0.2) is 0 Å². The molecular weight excluding hydrogens is 257 g/mol. The van der Waals surface area contributed by atoms with Crippen LogP contribution in [0.4, 0.5) is 22.0 Å². The fraction of sp³-hybridized carbons (Fsp3) is 0.375. The Hall–Kier alpha value is -1.11. The molecule has 90 valence electrons. The van der Waals surface area contributed by atoms with E-state index in [-0.39, 0.29) is 6.07 Å². The molecule has 0 aliphatic heterocycles. The Kier molecular flexibility index (Phi) is 3.57. The molecule has 2 nitrogen and oxygen atoms in total. The molecule has 0 fully saturated rings. The SMILES string of the molecule is O=c1[nH]c(CCl)c(C(F)F)cc1C(F)(F)F. The number of halogens is 6. The average molecular weight is 262 g/mol. The minimum atomic E-state index is -4.97. The van der Waals surface area contributed by atoms with Crippen LogP contribution < -0.4 is 5.56 Å². The number of H-pyrrole nitrogens is 1. The quantitative estimate of drug-likeness (QED) is 0.644. The molecule has 1 rings (SSSR count). The van der Waals surface area contributed by atoms with Crippen LogP contribution in [0.5, 0.6) is 0 Å². The zero-order chi connectivity index (χ0) is 12.5.